The number of aromatic nitrogens is 4. The molecule has 0 aliphatic heterocycles. The summed E-state index contributed by atoms with van der Waals surface area (Å²) in [6.45, 7) is 0.297. The number of anilines is 1. The van der Waals surface area contributed by atoms with Crippen molar-refractivity contribution in [2.75, 3.05) is 11.1 Å². The molecule has 134 valence electrons. The van der Waals surface area contributed by atoms with E-state index >= 15 is 0 Å². The summed E-state index contributed by atoms with van der Waals surface area (Å²) in [4.78, 5) is 16.0. The van der Waals surface area contributed by atoms with E-state index in [1.165, 1.54) is 11.8 Å². The van der Waals surface area contributed by atoms with Gasteiger partial charge in [-0.3, -0.25) is 4.79 Å². The first kappa shape index (κ1) is 18.2. The first-order valence-electron chi connectivity index (χ1n) is 7.73. The number of nitrogens with one attached hydrogen (secondary N) is 1. The molecule has 3 rings (SSSR count). The molecule has 7 nitrogen and oxygen atoms in total. The molecule has 0 saturated heterocycles. The zero-order chi connectivity index (χ0) is 18.4. The van der Waals surface area contributed by atoms with Crippen LogP contribution in [0.15, 0.2) is 53.8 Å². The van der Waals surface area contributed by atoms with E-state index in [0.29, 0.717) is 23.3 Å². The van der Waals surface area contributed by atoms with Gasteiger partial charge in [-0.1, -0.05) is 41.6 Å². The van der Waals surface area contributed by atoms with E-state index in [9.17, 15) is 4.79 Å². The summed E-state index contributed by atoms with van der Waals surface area (Å²) in [5.74, 6) is 1.41. The third-order valence-electron chi connectivity index (χ3n) is 3.40. The van der Waals surface area contributed by atoms with Gasteiger partial charge in [0, 0.05) is 13.2 Å². The number of hydrogen-bond acceptors (Lipinski definition) is 6. The fourth-order valence-electron chi connectivity index (χ4n) is 2.06. The summed E-state index contributed by atoms with van der Waals surface area (Å²) >= 11 is 7.21. The van der Waals surface area contributed by atoms with Gasteiger partial charge < -0.3 is 14.6 Å². The highest BCUT2D eigenvalue weighted by molar-refractivity contribution is 7.99. The molecule has 1 amide bonds. The molecular formula is C17H16ClN5O2S. The zero-order valence-corrected chi connectivity index (χ0v) is 15.5. The van der Waals surface area contributed by atoms with Gasteiger partial charge in [0.05, 0.1) is 11.4 Å². The molecule has 0 radical (unpaired) electrons. The van der Waals surface area contributed by atoms with Gasteiger partial charge in [0.25, 0.3) is 0 Å². The summed E-state index contributed by atoms with van der Waals surface area (Å²) in [6, 6.07) is 12.9. The van der Waals surface area contributed by atoms with Crippen LogP contribution in [0.2, 0.25) is 5.15 Å². The van der Waals surface area contributed by atoms with Crippen LogP contribution in [0.4, 0.5) is 5.69 Å². The number of carbonyl (C=O) groups excluding carboxylic acids is 1. The Labute approximate surface area is 159 Å². The Morgan fingerprint density at radius 3 is 2.81 bits per heavy atom. The quantitative estimate of drug-likeness (QED) is 0.493. The van der Waals surface area contributed by atoms with Crippen LogP contribution in [0, 0.1) is 0 Å². The summed E-state index contributed by atoms with van der Waals surface area (Å²) in [5, 5.41) is 11.8. The number of benzene rings is 1. The zero-order valence-electron chi connectivity index (χ0n) is 13.9. The van der Waals surface area contributed by atoms with Gasteiger partial charge in [0.1, 0.15) is 12.4 Å². The number of rotatable bonds is 7. The number of hydrogen-bond donors (Lipinski definition) is 1. The van der Waals surface area contributed by atoms with Crippen LogP contribution in [-0.2, 0) is 18.4 Å². The van der Waals surface area contributed by atoms with Crippen LogP contribution < -0.4 is 10.1 Å². The molecule has 9 heteroatoms. The molecule has 0 saturated carbocycles. The van der Waals surface area contributed by atoms with Crippen molar-refractivity contribution in [1.82, 2.24) is 19.7 Å². The van der Waals surface area contributed by atoms with Gasteiger partial charge in [-0.05, 0) is 24.3 Å². The third-order valence-corrected chi connectivity index (χ3v) is 4.72. The molecule has 0 aliphatic rings. The van der Waals surface area contributed by atoms with Gasteiger partial charge in [-0.25, -0.2) is 4.98 Å². The molecule has 0 spiro atoms. The minimum Gasteiger partial charge on any atom is -0.486 e. The maximum absolute atomic E-state index is 12.1. The number of para-hydroxylation sites is 1. The molecule has 1 aromatic carbocycles. The largest absolute Gasteiger partial charge is 0.486 e. The average Bonchev–Trinajstić information content (AvgIpc) is 3.01. The Morgan fingerprint density at radius 2 is 2.04 bits per heavy atom. The number of halogens is 1. The highest BCUT2D eigenvalue weighted by Crippen LogP contribution is 2.20. The van der Waals surface area contributed by atoms with Gasteiger partial charge in [0.2, 0.25) is 5.91 Å². The molecule has 0 aliphatic carbocycles. The summed E-state index contributed by atoms with van der Waals surface area (Å²) < 4.78 is 7.47. The van der Waals surface area contributed by atoms with Crippen LogP contribution in [0.1, 0.15) is 5.82 Å². The predicted octanol–water partition coefficient (Wildman–Crippen LogP) is 3.17. The second-order valence-corrected chi connectivity index (χ2v) is 6.54. The summed E-state index contributed by atoms with van der Waals surface area (Å²) in [6.07, 6.45) is 1.56. The smallest absolute Gasteiger partial charge is 0.234 e. The van der Waals surface area contributed by atoms with E-state index in [4.69, 9.17) is 16.3 Å². The van der Waals surface area contributed by atoms with Gasteiger partial charge in [-0.15, -0.1) is 10.2 Å². The number of nitrogens with zero attached hydrogens (tertiary/aromatic N) is 4. The summed E-state index contributed by atoms with van der Waals surface area (Å²) in [5.41, 5.74) is 0.481. The van der Waals surface area contributed by atoms with Gasteiger partial charge >= 0.3 is 0 Å². The molecular weight excluding hydrogens is 374 g/mol. The lowest BCUT2D eigenvalue weighted by Crippen LogP contribution is -2.15. The molecule has 0 fully saturated rings. The maximum atomic E-state index is 12.1. The van der Waals surface area contributed by atoms with Crippen LogP contribution in [0.5, 0.6) is 5.75 Å². The highest BCUT2D eigenvalue weighted by atomic mass is 35.5. The molecule has 2 heterocycles. The van der Waals surface area contributed by atoms with Gasteiger partial charge in [-0.2, -0.15) is 0 Å². The van der Waals surface area contributed by atoms with Crippen molar-refractivity contribution in [2.45, 2.75) is 11.8 Å². The maximum Gasteiger partial charge on any atom is 0.234 e. The Bertz CT molecular complexity index is 888. The molecule has 1 N–H and O–H groups in total. The van der Waals surface area contributed by atoms with E-state index < -0.39 is 0 Å². The summed E-state index contributed by atoms with van der Waals surface area (Å²) in [7, 11) is 1.84. The lowest BCUT2D eigenvalue weighted by Gasteiger charge is -2.07. The predicted molar refractivity (Wildman–Crippen MR) is 100 cm³/mol. The fraction of sp³-hybridized carbons (Fsp3) is 0.176. The van der Waals surface area contributed by atoms with Crippen molar-refractivity contribution in [1.29, 1.82) is 0 Å². The van der Waals surface area contributed by atoms with Crippen molar-refractivity contribution in [3.63, 3.8) is 0 Å². The van der Waals surface area contributed by atoms with Crippen molar-refractivity contribution in [3.8, 4) is 5.75 Å². The Hall–Kier alpha value is -2.58. The van der Waals surface area contributed by atoms with E-state index in [-0.39, 0.29) is 16.8 Å². The fourth-order valence-corrected chi connectivity index (χ4v) is 2.95. The molecule has 26 heavy (non-hydrogen) atoms. The van der Waals surface area contributed by atoms with E-state index in [0.717, 1.165) is 5.75 Å². The Kier molecular flexibility index (Phi) is 6.08. The highest BCUT2D eigenvalue weighted by Gasteiger charge is 2.13. The second kappa shape index (κ2) is 8.68. The lowest BCUT2D eigenvalue weighted by molar-refractivity contribution is -0.113. The van der Waals surface area contributed by atoms with Crippen LogP contribution in [0.25, 0.3) is 0 Å². The number of carbonyl (C=O) groups is 1. The molecule has 0 bridgehead atoms. The minimum atomic E-state index is -0.199. The molecule has 0 atom stereocenters. The van der Waals surface area contributed by atoms with Crippen LogP contribution >= 0.6 is 23.4 Å². The Balaban J connectivity index is 1.53. The molecule has 3 aromatic rings. The monoisotopic (exact) mass is 389 g/mol. The molecule has 0 unspecified atom stereocenters. The van der Waals surface area contributed by atoms with Crippen LogP contribution in [-0.4, -0.2) is 31.4 Å². The number of ether oxygens (including phenoxy) is 1. The third kappa shape index (κ3) is 4.74. The van der Waals surface area contributed by atoms with Crippen molar-refractivity contribution >= 4 is 35.0 Å². The minimum absolute atomic E-state index is 0.177. The van der Waals surface area contributed by atoms with Gasteiger partial charge in [0.15, 0.2) is 16.1 Å². The van der Waals surface area contributed by atoms with E-state index in [2.05, 4.69) is 20.5 Å². The Morgan fingerprint density at radius 1 is 1.23 bits per heavy atom. The number of thioether (sulfide) groups is 1. The molecule has 2 aromatic heterocycles. The van der Waals surface area contributed by atoms with Crippen molar-refractivity contribution in [3.05, 3.63) is 59.6 Å². The lowest BCUT2D eigenvalue weighted by atomic mass is 10.3. The number of pyridine rings is 1. The van der Waals surface area contributed by atoms with Crippen molar-refractivity contribution < 1.29 is 9.53 Å². The standard InChI is InChI=1S/C17H16ClN5O2S/c1-23-14(10-25-12-6-3-2-4-7-12)21-22-17(23)26-11-15(24)20-13-8-5-9-19-16(13)18/h2-9H,10-11H2,1H3,(H,20,24). The number of amides is 1. The van der Waals surface area contributed by atoms with E-state index in [1.54, 1.807) is 22.9 Å². The first-order valence-corrected chi connectivity index (χ1v) is 9.09. The SMILES string of the molecule is Cn1c(COc2ccccc2)nnc1SCC(=O)Nc1cccnc1Cl. The van der Waals surface area contributed by atoms with E-state index in [1.807, 2.05) is 37.4 Å². The topological polar surface area (TPSA) is 81.9 Å². The second-order valence-electron chi connectivity index (χ2n) is 5.24. The normalized spacial score (nSPS) is 10.5. The first-order chi connectivity index (χ1) is 12.6. The van der Waals surface area contributed by atoms with Crippen LogP contribution in [0.3, 0.4) is 0 Å². The average molecular weight is 390 g/mol. The van der Waals surface area contributed by atoms with Crippen molar-refractivity contribution in [2.24, 2.45) is 7.05 Å².